The normalized spacial score (nSPS) is 12.8. The highest BCUT2D eigenvalue weighted by Crippen LogP contribution is 2.13. The molecule has 1 rings (SSSR count). The average molecular weight is 284 g/mol. The quantitative estimate of drug-likeness (QED) is 0.834. The molecular formula is C13H20N2O3S. The van der Waals surface area contributed by atoms with Crippen molar-refractivity contribution in [3.63, 3.8) is 0 Å². The molecule has 0 fully saturated rings. The molecule has 1 N–H and O–H groups in total. The molecule has 0 aliphatic heterocycles. The van der Waals surface area contributed by atoms with Gasteiger partial charge in [-0.3, -0.25) is 4.79 Å². The van der Waals surface area contributed by atoms with Gasteiger partial charge in [0.1, 0.15) is 5.75 Å². The Bertz CT molecular complexity index is 514. The number of nitrogens with one attached hydrogen (secondary N) is 1. The van der Waals surface area contributed by atoms with E-state index in [1.165, 1.54) is 0 Å². The van der Waals surface area contributed by atoms with Crippen molar-refractivity contribution in [2.24, 2.45) is 0 Å². The van der Waals surface area contributed by atoms with Gasteiger partial charge in [0.25, 0.3) is 0 Å². The van der Waals surface area contributed by atoms with Crippen molar-refractivity contribution in [3.8, 4) is 0 Å². The lowest BCUT2D eigenvalue weighted by Gasteiger charge is -2.27. The summed E-state index contributed by atoms with van der Waals surface area (Å²) < 4.78 is 21.9. The fraction of sp³-hybridized carbons (Fsp3) is 0.462. The number of sulfone groups is 1. The van der Waals surface area contributed by atoms with Gasteiger partial charge in [-0.2, -0.15) is 0 Å². The van der Waals surface area contributed by atoms with E-state index in [1.54, 1.807) is 0 Å². The van der Waals surface area contributed by atoms with Crippen LogP contribution in [-0.4, -0.2) is 46.0 Å². The second-order valence-electron chi connectivity index (χ2n) is 4.67. The summed E-state index contributed by atoms with van der Waals surface area (Å²) in [7, 11) is -1.34. The molecule has 5 nitrogen and oxygen atoms in total. The second-order valence-corrected chi connectivity index (χ2v) is 6.81. The van der Waals surface area contributed by atoms with E-state index < -0.39 is 21.5 Å². The molecule has 0 radical (unpaired) electrons. The maximum atomic E-state index is 11.4. The molecule has 0 spiro atoms. The Morgan fingerprint density at radius 2 is 1.89 bits per heavy atom. The summed E-state index contributed by atoms with van der Waals surface area (Å²) in [6, 6.07) is 9.87. The number of carbonyl (C=O) groups is 1. The number of para-hydroxylation sites is 1. The molecular weight excluding hydrogens is 264 g/mol. The van der Waals surface area contributed by atoms with Gasteiger partial charge in [-0.25, -0.2) is 8.42 Å². The topological polar surface area (TPSA) is 66.5 Å². The van der Waals surface area contributed by atoms with Crippen molar-refractivity contribution in [2.45, 2.75) is 13.0 Å². The number of amides is 1. The van der Waals surface area contributed by atoms with Gasteiger partial charge in [0.15, 0.2) is 9.84 Å². The highest BCUT2D eigenvalue weighted by Gasteiger charge is 2.14. The minimum atomic E-state index is -3.27. The van der Waals surface area contributed by atoms with E-state index in [0.29, 0.717) is 6.54 Å². The maximum absolute atomic E-state index is 11.4. The lowest BCUT2D eigenvalue weighted by atomic mass is 10.2. The Morgan fingerprint density at radius 1 is 1.32 bits per heavy atom. The third-order valence-corrected chi connectivity index (χ3v) is 3.60. The van der Waals surface area contributed by atoms with Crippen LogP contribution in [0.4, 0.5) is 5.69 Å². The number of rotatable bonds is 6. The van der Waals surface area contributed by atoms with Crippen LogP contribution in [-0.2, 0) is 14.6 Å². The van der Waals surface area contributed by atoms with Crippen molar-refractivity contribution < 1.29 is 13.2 Å². The lowest BCUT2D eigenvalue weighted by molar-refractivity contribution is -0.118. The molecule has 106 valence electrons. The second kappa shape index (κ2) is 6.56. The van der Waals surface area contributed by atoms with E-state index in [0.717, 1.165) is 11.9 Å². The molecule has 0 aliphatic rings. The first-order valence-corrected chi connectivity index (χ1v) is 8.08. The molecule has 0 saturated heterocycles. The summed E-state index contributed by atoms with van der Waals surface area (Å²) in [6.07, 6.45) is 1.05. The molecule has 1 aromatic carbocycles. The average Bonchev–Trinajstić information content (AvgIpc) is 2.34. The van der Waals surface area contributed by atoms with Crippen molar-refractivity contribution >= 4 is 21.4 Å². The summed E-state index contributed by atoms with van der Waals surface area (Å²) in [5.41, 5.74) is 1.05. The number of likely N-dealkylation sites (N-methyl/N-ethyl adjacent to an activating group) is 1. The smallest absolute Gasteiger partial charge is 0.235 e. The third kappa shape index (κ3) is 5.74. The molecule has 19 heavy (non-hydrogen) atoms. The Balaban J connectivity index is 2.48. The van der Waals surface area contributed by atoms with Crippen LogP contribution in [0.25, 0.3) is 0 Å². The lowest BCUT2D eigenvalue weighted by Crippen LogP contribution is -2.41. The summed E-state index contributed by atoms with van der Waals surface area (Å²) in [5, 5.41) is 2.63. The molecule has 0 bridgehead atoms. The fourth-order valence-corrected chi connectivity index (χ4v) is 2.18. The van der Waals surface area contributed by atoms with Crippen molar-refractivity contribution in [3.05, 3.63) is 30.3 Å². The highest BCUT2D eigenvalue weighted by atomic mass is 32.2. The van der Waals surface area contributed by atoms with Gasteiger partial charge in [0.2, 0.25) is 5.91 Å². The zero-order valence-corrected chi connectivity index (χ0v) is 12.3. The summed E-state index contributed by atoms with van der Waals surface area (Å²) in [6.45, 7) is 2.37. The molecule has 0 aliphatic carbocycles. The van der Waals surface area contributed by atoms with Crippen molar-refractivity contribution in [1.29, 1.82) is 0 Å². The molecule has 6 heteroatoms. The van der Waals surface area contributed by atoms with Crippen LogP contribution in [0.2, 0.25) is 0 Å². The van der Waals surface area contributed by atoms with Crippen LogP contribution in [0.15, 0.2) is 30.3 Å². The molecule has 1 amide bonds. The number of benzene rings is 1. The van der Waals surface area contributed by atoms with Crippen LogP contribution in [0.1, 0.15) is 6.92 Å². The Labute approximate surface area is 114 Å². The largest absolute Gasteiger partial charge is 0.370 e. The van der Waals surface area contributed by atoms with Crippen molar-refractivity contribution in [1.82, 2.24) is 5.32 Å². The predicted octanol–water partition coefficient (Wildman–Crippen LogP) is 0.672. The van der Waals surface area contributed by atoms with E-state index in [4.69, 9.17) is 0 Å². The van der Waals surface area contributed by atoms with E-state index in [1.807, 2.05) is 49.2 Å². The van der Waals surface area contributed by atoms with Gasteiger partial charge in [-0.1, -0.05) is 18.2 Å². The molecule has 1 aromatic rings. The van der Waals surface area contributed by atoms with E-state index in [-0.39, 0.29) is 6.04 Å². The molecule has 1 atom stereocenters. The van der Waals surface area contributed by atoms with E-state index in [9.17, 15) is 13.2 Å². The van der Waals surface area contributed by atoms with E-state index in [2.05, 4.69) is 5.32 Å². The van der Waals surface area contributed by atoms with Crippen LogP contribution in [0.5, 0.6) is 0 Å². The molecule has 0 heterocycles. The first-order valence-electron chi connectivity index (χ1n) is 6.02. The Hall–Kier alpha value is -1.56. The van der Waals surface area contributed by atoms with Crippen LogP contribution in [0.3, 0.4) is 0 Å². The molecule has 0 saturated carbocycles. The van der Waals surface area contributed by atoms with Gasteiger partial charge < -0.3 is 10.2 Å². The number of carbonyl (C=O) groups excluding carboxylic acids is 1. The summed E-state index contributed by atoms with van der Waals surface area (Å²) in [5.74, 6) is -0.926. The predicted molar refractivity (Wildman–Crippen MR) is 77.0 cm³/mol. The fourth-order valence-electron chi connectivity index (χ4n) is 1.61. The summed E-state index contributed by atoms with van der Waals surface area (Å²) >= 11 is 0. The Kier molecular flexibility index (Phi) is 5.35. The number of nitrogens with zero attached hydrogens (tertiary/aromatic N) is 1. The first kappa shape index (κ1) is 15.5. The zero-order chi connectivity index (χ0) is 14.5. The van der Waals surface area contributed by atoms with Crippen LogP contribution in [0, 0.1) is 0 Å². The van der Waals surface area contributed by atoms with Gasteiger partial charge in [0.05, 0.1) is 0 Å². The zero-order valence-electron chi connectivity index (χ0n) is 11.5. The van der Waals surface area contributed by atoms with Crippen LogP contribution < -0.4 is 10.2 Å². The van der Waals surface area contributed by atoms with Gasteiger partial charge in [-0.05, 0) is 19.1 Å². The SMILES string of the molecule is C[C@@H](CNC(=O)CS(C)(=O)=O)N(C)c1ccccc1. The number of anilines is 1. The Morgan fingerprint density at radius 3 is 2.42 bits per heavy atom. The third-order valence-electron chi connectivity index (χ3n) is 2.81. The molecule has 0 unspecified atom stereocenters. The minimum Gasteiger partial charge on any atom is -0.370 e. The first-order chi connectivity index (χ1) is 8.79. The minimum absolute atomic E-state index is 0.0749. The van der Waals surface area contributed by atoms with Gasteiger partial charge in [-0.15, -0.1) is 0 Å². The molecule has 0 aromatic heterocycles. The van der Waals surface area contributed by atoms with Gasteiger partial charge in [0, 0.05) is 31.6 Å². The highest BCUT2D eigenvalue weighted by molar-refractivity contribution is 7.91. The van der Waals surface area contributed by atoms with Crippen LogP contribution >= 0.6 is 0 Å². The standard InChI is InChI=1S/C13H20N2O3S/c1-11(9-14-13(16)10-19(3,17)18)15(2)12-7-5-4-6-8-12/h4-8,11H,9-10H2,1-3H3,(H,14,16)/t11-/m0/s1. The number of hydrogen-bond acceptors (Lipinski definition) is 4. The van der Waals surface area contributed by atoms with Gasteiger partial charge >= 0.3 is 0 Å². The monoisotopic (exact) mass is 284 g/mol. The summed E-state index contributed by atoms with van der Waals surface area (Å²) in [4.78, 5) is 13.4. The maximum Gasteiger partial charge on any atom is 0.235 e. The van der Waals surface area contributed by atoms with Crippen molar-refractivity contribution in [2.75, 3.05) is 30.5 Å². The number of hydrogen-bond donors (Lipinski definition) is 1. The van der Waals surface area contributed by atoms with E-state index >= 15 is 0 Å².